The van der Waals surface area contributed by atoms with Crippen LogP contribution in [-0.2, 0) is 9.31 Å². The highest BCUT2D eigenvalue weighted by Gasteiger charge is 2.52. The van der Waals surface area contributed by atoms with Gasteiger partial charge in [-0.3, -0.25) is 4.99 Å². The minimum atomic E-state index is -0.498. The van der Waals surface area contributed by atoms with Crippen LogP contribution in [0.2, 0.25) is 0 Å². The van der Waals surface area contributed by atoms with E-state index in [1.54, 1.807) is 13.2 Å². The fourth-order valence-electron chi connectivity index (χ4n) is 2.11. The van der Waals surface area contributed by atoms with E-state index in [-0.39, 0.29) is 5.17 Å². The summed E-state index contributed by atoms with van der Waals surface area (Å²) in [7, 11) is 1.09. The summed E-state index contributed by atoms with van der Waals surface area (Å²) in [5.74, 6) is 5.68. The number of ether oxygens (including phenoxy) is 1. The lowest BCUT2D eigenvalue weighted by Crippen LogP contribution is -2.41. The molecule has 1 aromatic carbocycles. The van der Waals surface area contributed by atoms with Crippen molar-refractivity contribution >= 4 is 41.3 Å². The molecule has 0 saturated carbocycles. The van der Waals surface area contributed by atoms with Gasteiger partial charge in [0.25, 0.3) is 0 Å². The SMILES string of the molecule is COc1cc(N=CC(Cl)=NN)ccc1B1OC(C)(C)C(C)(C)O1. The number of rotatable bonds is 4. The predicted octanol–water partition coefficient (Wildman–Crippen LogP) is 2.21. The molecule has 0 radical (unpaired) electrons. The largest absolute Gasteiger partial charge is 0.498 e. The van der Waals surface area contributed by atoms with Crippen LogP contribution in [0.3, 0.4) is 0 Å². The van der Waals surface area contributed by atoms with E-state index < -0.39 is 18.3 Å². The summed E-state index contributed by atoms with van der Waals surface area (Å²) in [4.78, 5) is 4.18. The summed E-state index contributed by atoms with van der Waals surface area (Å²) in [6.07, 6.45) is 1.37. The topological polar surface area (TPSA) is 78.4 Å². The van der Waals surface area contributed by atoms with Crippen LogP contribution < -0.4 is 16.0 Å². The zero-order chi connectivity index (χ0) is 17.3. The minimum absolute atomic E-state index is 0.110. The van der Waals surface area contributed by atoms with Crippen LogP contribution in [0.1, 0.15) is 27.7 Å². The molecule has 1 aliphatic heterocycles. The number of nitrogens with zero attached hydrogens (tertiary/aromatic N) is 2. The molecule has 0 aliphatic carbocycles. The zero-order valence-electron chi connectivity index (χ0n) is 14.0. The fourth-order valence-corrected chi connectivity index (χ4v) is 2.15. The molecule has 1 heterocycles. The number of hydrogen-bond acceptors (Lipinski definition) is 6. The molecule has 0 bridgehead atoms. The Balaban J connectivity index is 2.30. The summed E-state index contributed by atoms with van der Waals surface area (Å²) in [5, 5.41) is 3.43. The lowest BCUT2D eigenvalue weighted by molar-refractivity contribution is 0.00578. The first-order chi connectivity index (χ1) is 10.7. The van der Waals surface area contributed by atoms with E-state index in [0.29, 0.717) is 11.4 Å². The molecule has 124 valence electrons. The van der Waals surface area contributed by atoms with Crippen LogP contribution in [0, 0.1) is 0 Å². The number of aliphatic imine (C=N–C) groups is 1. The van der Waals surface area contributed by atoms with Gasteiger partial charge in [-0.25, -0.2) is 0 Å². The third-order valence-electron chi connectivity index (χ3n) is 4.17. The Morgan fingerprint density at radius 2 is 1.87 bits per heavy atom. The van der Waals surface area contributed by atoms with Crippen molar-refractivity contribution in [2.75, 3.05) is 7.11 Å². The number of hydrazone groups is 1. The smallest absolute Gasteiger partial charge is 0.497 e. The van der Waals surface area contributed by atoms with Gasteiger partial charge in [0, 0.05) is 11.5 Å². The van der Waals surface area contributed by atoms with Crippen LogP contribution in [-0.4, -0.2) is 36.8 Å². The molecule has 1 aliphatic rings. The van der Waals surface area contributed by atoms with Crippen LogP contribution in [0.25, 0.3) is 0 Å². The van der Waals surface area contributed by atoms with E-state index in [1.165, 1.54) is 6.21 Å². The first-order valence-electron chi connectivity index (χ1n) is 7.21. The molecule has 2 rings (SSSR count). The Bertz CT molecular complexity index is 631. The van der Waals surface area contributed by atoms with E-state index in [1.807, 2.05) is 39.8 Å². The summed E-state index contributed by atoms with van der Waals surface area (Å²) in [6, 6.07) is 5.46. The monoisotopic (exact) mass is 337 g/mol. The highest BCUT2D eigenvalue weighted by molar-refractivity contribution is 6.79. The summed E-state index contributed by atoms with van der Waals surface area (Å²) in [6.45, 7) is 8.02. The standard InChI is InChI=1S/C15H21BClN3O3/c1-14(2)15(3,4)23-16(22-14)11-7-6-10(8-12(11)21-5)19-9-13(17)20-18/h6-9H,18H2,1-5H3. The second-order valence-corrected chi connectivity index (χ2v) is 6.61. The first-order valence-corrected chi connectivity index (χ1v) is 7.59. The van der Waals surface area contributed by atoms with E-state index in [2.05, 4.69) is 10.1 Å². The van der Waals surface area contributed by atoms with Crippen molar-refractivity contribution in [2.45, 2.75) is 38.9 Å². The maximum atomic E-state index is 6.05. The van der Waals surface area contributed by atoms with E-state index in [9.17, 15) is 0 Å². The molecule has 23 heavy (non-hydrogen) atoms. The van der Waals surface area contributed by atoms with E-state index in [0.717, 1.165) is 5.46 Å². The van der Waals surface area contributed by atoms with Gasteiger partial charge in [-0.05, 0) is 33.8 Å². The van der Waals surface area contributed by atoms with E-state index in [4.69, 9.17) is 31.5 Å². The van der Waals surface area contributed by atoms with E-state index >= 15 is 0 Å². The number of hydrogen-bond donors (Lipinski definition) is 1. The molecule has 8 heteroatoms. The normalized spacial score (nSPS) is 20.3. The van der Waals surface area contributed by atoms with Gasteiger partial charge in [0.1, 0.15) is 5.75 Å². The number of methoxy groups -OCH3 is 1. The summed E-state index contributed by atoms with van der Waals surface area (Å²) in [5.41, 5.74) is 0.641. The molecule has 0 spiro atoms. The molecule has 6 nitrogen and oxygen atoms in total. The number of benzene rings is 1. The molecule has 0 amide bonds. The summed E-state index contributed by atoms with van der Waals surface area (Å²) >= 11 is 5.69. The van der Waals surface area contributed by atoms with Gasteiger partial charge < -0.3 is 19.9 Å². The molecular weight excluding hydrogens is 316 g/mol. The first kappa shape index (κ1) is 17.8. The lowest BCUT2D eigenvalue weighted by Gasteiger charge is -2.32. The zero-order valence-corrected chi connectivity index (χ0v) is 14.7. The summed E-state index contributed by atoms with van der Waals surface area (Å²) < 4.78 is 17.5. The Hall–Kier alpha value is -1.57. The van der Waals surface area contributed by atoms with Gasteiger partial charge in [-0.15, -0.1) is 0 Å². The van der Waals surface area contributed by atoms with Gasteiger partial charge in [0.05, 0.1) is 30.2 Å². The maximum Gasteiger partial charge on any atom is 0.498 e. The highest BCUT2D eigenvalue weighted by Crippen LogP contribution is 2.37. The Labute approximate surface area is 141 Å². The van der Waals surface area contributed by atoms with Crippen molar-refractivity contribution in [1.29, 1.82) is 0 Å². The Morgan fingerprint density at radius 3 is 2.39 bits per heavy atom. The fraction of sp³-hybridized carbons (Fsp3) is 0.467. The van der Waals surface area contributed by atoms with Gasteiger partial charge in [0.2, 0.25) is 0 Å². The quantitative estimate of drug-likeness (QED) is 0.395. The van der Waals surface area contributed by atoms with Crippen molar-refractivity contribution in [3.63, 3.8) is 0 Å². The van der Waals surface area contributed by atoms with Crippen LogP contribution >= 0.6 is 11.6 Å². The van der Waals surface area contributed by atoms with Crippen molar-refractivity contribution in [1.82, 2.24) is 0 Å². The number of nitrogens with two attached hydrogens (primary N) is 1. The van der Waals surface area contributed by atoms with Crippen LogP contribution in [0.5, 0.6) is 5.75 Å². The predicted molar refractivity (Wildman–Crippen MR) is 94.3 cm³/mol. The second kappa shape index (κ2) is 6.51. The van der Waals surface area contributed by atoms with Crippen molar-refractivity contribution in [2.24, 2.45) is 15.9 Å². The van der Waals surface area contributed by atoms with Gasteiger partial charge in [-0.1, -0.05) is 17.7 Å². The highest BCUT2D eigenvalue weighted by atomic mass is 35.5. The Kier molecular flexibility index (Phi) is 5.03. The van der Waals surface area contributed by atoms with Crippen molar-refractivity contribution < 1.29 is 14.0 Å². The third kappa shape index (κ3) is 3.68. The van der Waals surface area contributed by atoms with Crippen LogP contribution in [0.4, 0.5) is 5.69 Å². The van der Waals surface area contributed by atoms with Gasteiger partial charge >= 0.3 is 7.12 Å². The molecule has 1 aromatic rings. The van der Waals surface area contributed by atoms with Crippen molar-refractivity contribution in [3.8, 4) is 5.75 Å². The molecule has 0 aromatic heterocycles. The molecule has 0 atom stereocenters. The molecular formula is C15H21BClN3O3. The molecule has 2 N–H and O–H groups in total. The number of halogens is 1. The van der Waals surface area contributed by atoms with Gasteiger partial charge in [-0.2, -0.15) is 5.10 Å². The minimum Gasteiger partial charge on any atom is -0.497 e. The van der Waals surface area contributed by atoms with Crippen molar-refractivity contribution in [3.05, 3.63) is 18.2 Å². The average Bonchev–Trinajstić information content (AvgIpc) is 2.72. The lowest BCUT2D eigenvalue weighted by atomic mass is 9.78. The molecule has 1 fully saturated rings. The third-order valence-corrected chi connectivity index (χ3v) is 4.36. The Morgan fingerprint density at radius 1 is 1.26 bits per heavy atom. The molecule has 1 saturated heterocycles. The molecule has 0 unspecified atom stereocenters. The van der Waals surface area contributed by atoms with Gasteiger partial charge in [0.15, 0.2) is 5.17 Å². The van der Waals surface area contributed by atoms with Crippen LogP contribution in [0.15, 0.2) is 28.3 Å². The second-order valence-electron chi connectivity index (χ2n) is 6.22. The maximum absolute atomic E-state index is 6.05. The average molecular weight is 338 g/mol.